The minimum Gasteiger partial charge on any atom is -0.504 e. The van der Waals surface area contributed by atoms with Crippen LogP contribution < -0.4 is 15.8 Å². The van der Waals surface area contributed by atoms with Crippen LogP contribution in [0.25, 0.3) is 6.08 Å². The second-order valence-corrected chi connectivity index (χ2v) is 13.9. The van der Waals surface area contributed by atoms with Crippen molar-refractivity contribution in [2.45, 2.75) is 91.4 Å². The number of nitrogens with zero attached hydrogens (tertiary/aromatic N) is 1. The summed E-state index contributed by atoms with van der Waals surface area (Å²) in [7, 11) is 3.49. The average molecular weight is 640 g/mol. The first-order valence-corrected chi connectivity index (χ1v) is 17.1. The van der Waals surface area contributed by atoms with Gasteiger partial charge in [-0.05, 0) is 129 Å². The molecule has 1 saturated carbocycles. The van der Waals surface area contributed by atoms with Crippen molar-refractivity contribution in [2.24, 2.45) is 11.3 Å². The number of phenolic OH excluding ortho intramolecular Hbond substituents is 1. The largest absolute Gasteiger partial charge is 0.504 e. The Balaban J connectivity index is 1.41. The molecule has 0 unspecified atom stereocenters. The number of hydrogen-bond donors (Lipinski definition) is 3. The Morgan fingerprint density at radius 3 is 2.43 bits per heavy atom. The Kier molecular flexibility index (Phi) is 12.8. The maximum absolute atomic E-state index is 12.9. The second-order valence-electron chi connectivity index (χ2n) is 13.9. The standard InChI is InChI=1S/C40H53N3O4/c1-27-15-28(2)17-30(16-27)18-34-20-31(26-43-39(34)41)19-33-21-37(46)38(47-5)22-32(33)10-11-36(45)23-35(44)9-8-14-40(12-6-7-13-40)24-29(3)25-42-4/h10-11,15-17,20-22,26,29,42,46H,6-9,12-14,18-19,23-25H2,1-5H3,(H2,41,43)/b11-10+/t29-/m1/s1. The lowest BCUT2D eigenvalue weighted by Gasteiger charge is -2.32. The molecule has 252 valence electrons. The van der Waals surface area contributed by atoms with Gasteiger partial charge in [-0.15, -0.1) is 0 Å². The zero-order chi connectivity index (χ0) is 34.0. The molecule has 1 atom stereocenters. The number of nitrogens with two attached hydrogens (primary N) is 1. The molecular weight excluding hydrogens is 586 g/mol. The molecule has 4 rings (SSSR count). The van der Waals surface area contributed by atoms with E-state index in [0.29, 0.717) is 42.2 Å². The van der Waals surface area contributed by atoms with E-state index < -0.39 is 0 Å². The smallest absolute Gasteiger partial charge is 0.163 e. The first-order chi connectivity index (χ1) is 22.5. The highest BCUT2D eigenvalue weighted by atomic mass is 16.5. The number of carbonyl (C=O) groups is 2. The van der Waals surface area contributed by atoms with E-state index in [1.165, 1.54) is 62.0 Å². The van der Waals surface area contributed by atoms with Gasteiger partial charge in [0.1, 0.15) is 11.6 Å². The second kappa shape index (κ2) is 16.7. The van der Waals surface area contributed by atoms with Crippen LogP contribution in [-0.2, 0) is 22.4 Å². The summed E-state index contributed by atoms with van der Waals surface area (Å²) in [5, 5.41) is 13.9. The van der Waals surface area contributed by atoms with Crippen molar-refractivity contribution in [3.8, 4) is 11.5 Å². The highest BCUT2D eigenvalue weighted by Gasteiger charge is 2.34. The number of phenols is 1. The van der Waals surface area contributed by atoms with Crippen LogP contribution in [0.3, 0.4) is 0 Å². The molecular formula is C40H53N3O4. The fraction of sp³-hybridized carbons (Fsp3) is 0.475. The summed E-state index contributed by atoms with van der Waals surface area (Å²) in [6.07, 6.45) is 14.5. The van der Waals surface area contributed by atoms with Crippen molar-refractivity contribution >= 4 is 23.5 Å². The third-order valence-electron chi connectivity index (χ3n) is 9.55. The lowest BCUT2D eigenvalue weighted by molar-refractivity contribution is -0.124. The van der Waals surface area contributed by atoms with Gasteiger partial charge in [0.05, 0.1) is 13.5 Å². The van der Waals surface area contributed by atoms with E-state index in [-0.39, 0.29) is 23.7 Å². The van der Waals surface area contributed by atoms with E-state index in [0.717, 1.165) is 41.6 Å². The first kappa shape index (κ1) is 35.9. The van der Waals surface area contributed by atoms with Gasteiger partial charge in [0, 0.05) is 19.0 Å². The highest BCUT2D eigenvalue weighted by Crippen LogP contribution is 2.47. The number of anilines is 1. The van der Waals surface area contributed by atoms with Crippen molar-refractivity contribution in [3.05, 3.63) is 87.6 Å². The maximum atomic E-state index is 12.9. The summed E-state index contributed by atoms with van der Waals surface area (Å²) in [5.41, 5.74) is 13.6. The Hall–Kier alpha value is -3.97. The molecule has 0 amide bonds. The molecule has 1 aliphatic carbocycles. The maximum Gasteiger partial charge on any atom is 0.163 e. The molecule has 0 spiro atoms. The number of nitrogens with one attached hydrogen (secondary N) is 1. The van der Waals surface area contributed by atoms with Crippen molar-refractivity contribution in [3.63, 3.8) is 0 Å². The van der Waals surface area contributed by atoms with Crippen LogP contribution in [0.1, 0.15) is 104 Å². The predicted octanol–water partition coefficient (Wildman–Crippen LogP) is 7.69. The number of ether oxygens (including phenoxy) is 1. The minimum absolute atomic E-state index is 0.0103. The number of aromatic hydroxyl groups is 1. The summed E-state index contributed by atoms with van der Waals surface area (Å²) in [6.45, 7) is 7.49. The molecule has 0 radical (unpaired) electrons. The predicted molar refractivity (Wildman–Crippen MR) is 191 cm³/mol. The van der Waals surface area contributed by atoms with Crippen LogP contribution in [-0.4, -0.2) is 42.4 Å². The highest BCUT2D eigenvalue weighted by molar-refractivity contribution is 6.06. The number of carbonyl (C=O) groups excluding carboxylic acids is 2. The number of aryl methyl sites for hydroxylation is 2. The quantitative estimate of drug-likeness (QED) is 0.102. The third kappa shape index (κ3) is 10.5. The van der Waals surface area contributed by atoms with Gasteiger partial charge in [-0.2, -0.15) is 0 Å². The molecule has 1 aromatic heterocycles. The summed E-state index contributed by atoms with van der Waals surface area (Å²) in [4.78, 5) is 30.2. The molecule has 3 aromatic rings. The molecule has 47 heavy (non-hydrogen) atoms. The SMILES string of the molecule is CNC[C@H](C)CC1(CCCC(=O)CC(=O)/C=C/c2cc(OC)c(O)cc2Cc2cnc(N)c(Cc3cc(C)cc(C)c3)c2)CCCC1. The average Bonchev–Trinajstić information content (AvgIpc) is 3.46. The zero-order valence-corrected chi connectivity index (χ0v) is 29.0. The zero-order valence-electron chi connectivity index (χ0n) is 29.0. The molecule has 0 saturated heterocycles. The molecule has 4 N–H and O–H groups in total. The van der Waals surface area contributed by atoms with Crippen molar-refractivity contribution in [1.82, 2.24) is 10.3 Å². The van der Waals surface area contributed by atoms with Gasteiger partial charge in [0.15, 0.2) is 17.3 Å². The minimum atomic E-state index is -0.226. The Bertz CT molecular complexity index is 1550. The van der Waals surface area contributed by atoms with E-state index in [1.54, 1.807) is 24.4 Å². The van der Waals surface area contributed by atoms with Crippen LogP contribution in [0.5, 0.6) is 11.5 Å². The summed E-state index contributed by atoms with van der Waals surface area (Å²) in [5.74, 6) is 1.20. The van der Waals surface area contributed by atoms with E-state index >= 15 is 0 Å². The molecule has 2 aromatic carbocycles. The molecule has 7 heteroatoms. The molecule has 0 aliphatic heterocycles. The topological polar surface area (TPSA) is 115 Å². The number of benzene rings is 2. The lowest BCUT2D eigenvalue weighted by Crippen LogP contribution is -2.25. The van der Waals surface area contributed by atoms with Crippen LogP contribution in [0.15, 0.2) is 48.7 Å². The number of allylic oxidation sites excluding steroid dienone is 1. The van der Waals surface area contributed by atoms with Crippen molar-refractivity contribution in [2.75, 3.05) is 26.4 Å². The number of rotatable bonds is 17. The van der Waals surface area contributed by atoms with Gasteiger partial charge in [0.2, 0.25) is 0 Å². The Morgan fingerprint density at radius 2 is 1.74 bits per heavy atom. The van der Waals surface area contributed by atoms with Gasteiger partial charge >= 0.3 is 0 Å². The number of nitrogen functional groups attached to an aromatic ring is 1. The van der Waals surface area contributed by atoms with Crippen LogP contribution in [0.2, 0.25) is 0 Å². The summed E-state index contributed by atoms with van der Waals surface area (Å²) >= 11 is 0. The van der Waals surface area contributed by atoms with Crippen LogP contribution >= 0.6 is 0 Å². The van der Waals surface area contributed by atoms with Gasteiger partial charge in [0.25, 0.3) is 0 Å². The molecule has 1 fully saturated rings. The molecule has 1 heterocycles. The van der Waals surface area contributed by atoms with Crippen molar-refractivity contribution < 1.29 is 19.4 Å². The van der Waals surface area contributed by atoms with Gasteiger partial charge in [-0.25, -0.2) is 4.98 Å². The summed E-state index contributed by atoms with van der Waals surface area (Å²) < 4.78 is 5.36. The van der Waals surface area contributed by atoms with Gasteiger partial charge < -0.3 is 20.9 Å². The monoisotopic (exact) mass is 639 g/mol. The number of ketones is 2. The number of pyridine rings is 1. The molecule has 7 nitrogen and oxygen atoms in total. The first-order valence-electron chi connectivity index (χ1n) is 17.1. The fourth-order valence-electron chi connectivity index (χ4n) is 7.54. The number of aromatic nitrogens is 1. The van der Waals surface area contributed by atoms with E-state index in [2.05, 4.69) is 55.3 Å². The van der Waals surface area contributed by atoms with Gasteiger partial charge in [-0.1, -0.05) is 55.2 Å². The number of methoxy groups -OCH3 is 1. The van der Waals surface area contributed by atoms with E-state index in [9.17, 15) is 14.7 Å². The number of hydrogen-bond acceptors (Lipinski definition) is 7. The number of Topliss-reactive ketones (excluding diaryl/α,β-unsaturated/α-hetero) is 1. The Morgan fingerprint density at radius 1 is 1.04 bits per heavy atom. The van der Waals surface area contributed by atoms with Gasteiger partial charge in [-0.3, -0.25) is 9.59 Å². The van der Waals surface area contributed by atoms with Crippen molar-refractivity contribution in [1.29, 1.82) is 0 Å². The van der Waals surface area contributed by atoms with Crippen LogP contribution in [0.4, 0.5) is 5.82 Å². The lowest BCUT2D eigenvalue weighted by atomic mass is 9.74. The summed E-state index contributed by atoms with van der Waals surface area (Å²) in [6, 6.07) is 11.9. The molecule has 0 bridgehead atoms. The van der Waals surface area contributed by atoms with E-state index in [1.807, 2.05) is 7.05 Å². The normalized spacial score (nSPS) is 14.8. The van der Waals surface area contributed by atoms with Crippen LogP contribution in [0, 0.1) is 25.2 Å². The molecule has 1 aliphatic rings. The van der Waals surface area contributed by atoms with E-state index in [4.69, 9.17) is 10.5 Å². The third-order valence-corrected chi connectivity index (χ3v) is 9.55. The fourth-order valence-corrected chi connectivity index (χ4v) is 7.54. The Labute approximate surface area is 281 Å².